The summed E-state index contributed by atoms with van der Waals surface area (Å²) in [7, 11) is 0. The Hall–Kier alpha value is -3.61. The molecule has 7 heteroatoms. The van der Waals surface area contributed by atoms with Crippen molar-refractivity contribution in [2.24, 2.45) is 0 Å². The lowest BCUT2D eigenvalue weighted by Gasteiger charge is -2.16. The summed E-state index contributed by atoms with van der Waals surface area (Å²) < 4.78 is 38.7. The summed E-state index contributed by atoms with van der Waals surface area (Å²) in [6.45, 7) is 3.45. The van der Waals surface area contributed by atoms with E-state index in [1.165, 1.54) is 12.1 Å². The van der Waals surface area contributed by atoms with Crippen LogP contribution in [-0.4, -0.2) is 11.8 Å². The third-order valence-electron chi connectivity index (χ3n) is 4.98. The Morgan fingerprint density at radius 2 is 1.55 bits per heavy atom. The standard InChI is InChI=1S/C24H21F3N2O2/c1-15(17-8-4-3-5-9-17)22(30)29-21-13-7-12-20(16(21)2)23(31)28-19-11-6-10-18(14-19)24(25,26)27/h3-15H,1-2H3,(H,28,31)(H,29,30). The van der Waals surface area contributed by atoms with Crippen molar-refractivity contribution >= 4 is 23.2 Å². The fourth-order valence-electron chi connectivity index (χ4n) is 3.12. The molecule has 4 nitrogen and oxygen atoms in total. The molecule has 2 amide bonds. The third kappa shape index (κ3) is 5.31. The highest BCUT2D eigenvalue weighted by Crippen LogP contribution is 2.31. The largest absolute Gasteiger partial charge is 0.416 e. The SMILES string of the molecule is Cc1c(NC(=O)C(C)c2ccccc2)cccc1C(=O)Nc1cccc(C(F)(F)F)c1. The van der Waals surface area contributed by atoms with Crippen LogP contribution in [-0.2, 0) is 11.0 Å². The van der Waals surface area contributed by atoms with Crippen LogP contribution in [0.1, 0.15) is 39.9 Å². The van der Waals surface area contributed by atoms with Crippen LogP contribution in [0.4, 0.5) is 24.5 Å². The Kier molecular flexibility index (Phi) is 6.44. The van der Waals surface area contributed by atoms with Crippen molar-refractivity contribution < 1.29 is 22.8 Å². The minimum absolute atomic E-state index is 0.0337. The summed E-state index contributed by atoms with van der Waals surface area (Å²) in [5, 5.41) is 5.32. The fourth-order valence-corrected chi connectivity index (χ4v) is 3.12. The Labute approximate surface area is 178 Å². The summed E-state index contributed by atoms with van der Waals surface area (Å²) >= 11 is 0. The molecule has 0 aliphatic rings. The maximum atomic E-state index is 12.9. The molecule has 0 bridgehead atoms. The first kappa shape index (κ1) is 22.1. The molecule has 0 aliphatic heterocycles. The van der Waals surface area contributed by atoms with Crippen LogP contribution >= 0.6 is 0 Å². The van der Waals surface area contributed by atoms with Gasteiger partial charge in [-0.15, -0.1) is 0 Å². The van der Waals surface area contributed by atoms with E-state index in [-0.39, 0.29) is 17.2 Å². The van der Waals surface area contributed by atoms with Gasteiger partial charge in [-0.2, -0.15) is 13.2 Å². The maximum Gasteiger partial charge on any atom is 0.416 e. The van der Waals surface area contributed by atoms with Crippen LogP contribution in [0.5, 0.6) is 0 Å². The van der Waals surface area contributed by atoms with Crippen LogP contribution in [0.15, 0.2) is 72.8 Å². The Bertz CT molecular complexity index is 1100. The van der Waals surface area contributed by atoms with Gasteiger partial charge < -0.3 is 10.6 Å². The van der Waals surface area contributed by atoms with E-state index in [1.54, 1.807) is 32.0 Å². The highest BCUT2D eigenvalue weighted by Gasteiger charge is 2.30. The molecule has 0 spiro atoms. The van der Waals surface area contributed by atoms with Crippen LogP contribution in [0.3, 0.4) is 0 Å². The number of carbonyl (C=O) groups is 2. The van der Waals surface area contributed by atoms with E-state index in [2.05, 4.69) is 10.6 Å². The number of benzene rings is 3. The minimum Gasteiger partial charge on any atom is -0.325 e. The quantitative estimate of drug-likeness (QED) is 0.525. The van der Waals surface area contributed by atoms with Crippen LogP contribution in [0.25, 0.3) is 0 Å². The molecule has 160 valence electrons. The summed E-state index contributed by atoms with van der Waals surface area (Å²) in [5.74, 6) is -1.20. The molecular formula is C24H21F3N2O2. The number of nitrogens with one attached hydrogen (secondary N) is 2. The summed E-state index contributed by atoms with van der Waals surface area (Å²) in [6.07, 6.45) is -4.50. The number of halogens is 3. The Morgan fingerprint density at radius 1 is 0.871 bits per heavy atom. The molecule has 3 rings (SSSR count). The zero-order valence-corrected chi connectivity index (χ0v) is 17.0. The van der Waals surface area contributed by atoms with Gasteiger partial charge in [0, 0.05) is 16.9 Å². The summed E-state index contributed by atoms with van der Waals surface area (Å²) in [4.78, 5) is 25.3. The molecule has 0 aromatic heterocycles. The van der Waals surface area contributed by atoms with Gasteiger partial charge in [0.2, 0.25) is 5.91 Å². The van der Waals surface area contributed by atoms with Gasteiger partial charge in [-0.05, 0) is 55.3 Å². The second kappa shape index (κ2) is 9.04. The Morgan fingerprint density at radius 3 is 2.23 bits per heavy atom. The fraction of sp³-hybridized carbons (Fsp3) is 0.167. The molecule has 1 atom stereocenters. The van der Waals surface area contributed by atoms with Crippen molar-refractivity contribution in [3.8, 4) is 0 Å². The first-order chi connectivity index (χ1) is 14.7. The second-order valence-electron chi connectivity index (χ2n) is 7.13. The van der Waals surface area contributed by atoms with Gasteiger partial charge in [-0.3, -0.25) is 9.59 Å². The van der Waals surface area contributed by atoms with Gasteiger partial charge in [0.15, 0.2) is 0 Å². The topological polar surface area (TPSA) is 58.2 Å². The van der Waals surface area contributed by atoms with Gasteiger partial charge in [0.05, 0.1) is 11.5 Å². The van der Waals surface area contributed by atoms with E-state index in [0.29, 0.717) is 11.3 Å². The number of anilines is 2. The molecule has 3 aromatic carbocycles. The monoisotopic (exact) mass is 426 g/mol. The average molecular weight is 426 g/mol. The number of rotatable bonds is 5. The zero-order valence-electron chi connectivity index (χ0n) is 17.0. The molecule has 1 unspecified atom stereocenters. The van der Waals surface area contributed by atoms with Crippen molar-refractivity contribution in [1.29, 1.82) is 0 Å². The first-order valence-electron chi connectivity index (χ1n) is 9.61. The van der Waals surface area contributed by atoms with Gasteiger partial charge in [0.25, 0.3) is 5.91 Å². The summed E-state index contributed by atoms with van der Waals surface area (Å²) in [6, 6.07) is 18.5. The zero-order chi connectivity index (χ0) is 22.6. The van der Waals surface area contributed by atoms with E-state index in [9.17, 15) is 22.8 Å². The highest BCUT2D eigenvalue weighted by molar-refractivity contribution is 6.07. The average Bonchev–Trinajstić information content (AvgIpc) is 2.74. The van der Waals surface area contributed by atoms with Gasteiger partial charge in [-0.1, -0.05) is 42.5 Å². The van der Waals surface area contributed by atoms with Gasteiger partial charge in [-0.25, -0.2) is 0 Å². The molecule has 0 saturated carbocycles. The van der Waals surface area contributed by atoms with Crippen LogP contribution < -0.4 is 10.6 Å². The molecule has 31 heavy (non-hydrogen) atoms. The second-order valence-corrected chi connectivity index (χ2v) is 7.13. The Balaban J connectivity index is 1.77. The van der Waals surface area contributed by atoms with Crippen molar-refractivity contribution in [2.75, 3.05) is 10.6 Å². The van der Waals surface area contributed by atoms with Crippen molar-refractivity contribution in [3.63, 3.8) is 0 Å². The lowest BCUT2D eigenvalue weighted by atomic mass is 9.99. The van der Waals surface area contributed by atoms with Gasteiger partial charge >= 0.3 is 6.18 Å². The molecule has 0 heterocycles. The van der Waals surface area contributed by atoms with E-state index in [1.807, 2.05) is 30.3 Å². The van der Waals surface area contributed by atoms with E-state index < -0.39 is 23.6 Å². The molecule has 2 N–H and O–H groups in total. The predicted octanol–water partition coefficient (Wildman–Crippen LogP) is 6.01. The molecule has 0 radical (unpaired) electrons. The minimum atomic E-state index is -4.50. The number of hydrogen-bond acceptors (Lipinski definition) is 2. The lowest BCUT2D eigenvalue weighted by molar-refractivity contribution is -0.137. The maximum absolute atomic E-state index is 12.9. The molecule has 0 fully saturated rings. The number of alkyl halides is 3. The van der Waals surface area contributed by atoms with E-state index in [4.69, 9.17) is 0 Å². The molecule has 3 aromatic rings. The van der Waals surface area contributed by atoms with E-state index >= 15 is 0 Å². The molecule has 0 saturated heterocycles. The lowest BCUT2D eigenvalue weighted by Crippen LogP contribution is -2.20. The predicted molar refractivity (Wildman–Crippen MR) is 114 cm³/mol. The molecule has 0 aliphatic carbocycles. The summed E-state index contributed by atoms with van der Waals surface area (Å²) in [5.41, 5.74) is 1.27. The van der Waals surface area contributed by atoms with E-state index in [0.717, 1.165) is 17.7 Å². The van der Waals surface area contributed by atoms with Crippen molar-refractivity contribution in [2.45, 2.75) is 25.9 Å². The van der Waals surface area contributed by atoms with Gasteiger partial charge in [0.1, 0.15) is 0 Å². The number of hydrogen-bond donors (Lipinski definition) is 2. The smallest absolute Gasteiger partial charge is 0.325 e. The first-order valence-corrected chi connectivity index (χ1v) is 9.61. The van der Waals surface area contributed by atoms with Crippen molar-refractivity contribution in [3.05, 3.63) is 95.1 Å². The van der Waals surface area contributed by atoms with Crippen LogP contribution in [0.2, 0.25) is 0 Å². The van der Waals surface area contributed by atoms with Crippen molar-refractivity contribution in [1.82, 2.24) is 0 Å². The number of amides is 2. The van der Waals surface area contributed by atoms with Crippen LogP contribution in [0, 0.1) is 6.92 Å². The number of carbonyl (C=O) groups excluding carboxylic acids is 2. The highest BCUT2D eigenvalue weighted by atomic mass is 19.4. The normalized spacial score (nSPS) is 12.2. The third-order valence-corrected chi connectivity index (χ3v) is 4.98. The molecular weight excluding hydrogens is 405 g/mol.